The van der Waals surface area contributed by atoms with Gasteiger partial charge in [0.05, 0.1) is 5.75 Å². The standard InChI is InChI=1S/C17H19NOS2/c1-13-4-3-5-14(10-13)11-21-12-17(19)18-15-6-8-16(20-2)9-7-15/h3-10H,11-12H2,1-2H3,(H,18,19). The van der Waals surface area contributed by atoms with Gasteiger partial charge >= 0.3 is 0 Å². The van der Waals surface area contributed by atoms with Gasteiger partial charge in [0, 0.05) is 16.3 Å². The van der Waals surface area contributed by atoms with Crippen LogP contribution in [0, 0.1) is 6.92 Å². The van der Waals surface area contributed by atoms with Crippen molar-refractivity contribution in [2.24, 2.45) is 0 Å². The number of aryl methyl sites for hydroxylation is 1. The third-order valence-corrected chi connectivity index (χ3v) is 4.71. The van der Waals surface area contributed by atoms with E-state index in [1.807, 2.05) is 30.5 Å². The number of hydrogen-bond acceptors (Lipinski definition) is 3. The summed E-state index contributed by atoms with van der Waals surface area (Å²) < 4.78 is 0. The van der Waals surface area contributed by atoms with Crippen molar-refractivity contribution in [3.05, 3.63) is 59.7 Å². The molecule has 0 radical (unpaired) electrons. The van der Waals surface area contributed by atoms with Crippen LogP contribution in [0.3, 0.4) is 0 Å². The first-order chi connectivity index (χ1) is 10.2. The molecule has 0 spiro atoms. The summed E-state index contributed by atoms with van der Waals surface area (Å²) in [5.74, 6) is 1.38. The molecule has 0 aromatic heterocycles. The Hall–Kier alpha value is -1.39. The molecule has 0 saturated carbocycles. The Morgan fingerprint density at radius 2 is 1.90 bits per heavy atom. The highest BCUT2D eigenvalue weighted by Gasteiger charge is 2.03. The predicted molar refractivity (Wildman–Crippen MR) is 94.2 cm³/mol. The van der Waals surface area contributed by atoms with E-state index in [0.717, 1.165) is 11.4 Å². The highest BCUT2D eigenvalue weighted by atomic mass is 32.2. The molecule has 0 aliphatic carbocycles. The van der Waals surface area contributed by atoms with E-state index in [1.54, 1.807) is 23.5 Å². The average Bonchev–Trinajstić information content (AvgIpc) is 2.48. The molecular formula is C17H19NOS2. The fraction of sp³-hybridized carbons (Fsp3) is 0.235. The van der Waals surface area contributed by atoms with Crippen molar-refractivity contribution in [2.45, 2.75) is 17.6 Å². The van der Waals surface area contributed by atoms with Gasteiger partial charge in [0.15, 0.2) is 0 Å². The Morgan fingerprint density at radius 1 is 1.14 bits per heavy atom. The minimum atomic E-state index is 0.0459. The van der Waals surface area contributed by atoms with Crippen molar-refractivity contribution in [1.82, 2.24) is 0 Å². The normalized spacial score (nSPS) is 10.4. The van der Waals surface area contributed by atoms with Gasteiger partial charge in [0.25, 0.3) is 0 Å². The van der Waals surface area contributed by atoms with Gasteiger partial charge in [-0.1, -0.05) is 29.8 Å². The van der Waals surface area contributed by atoms with E-state index in [-0.39, 0.29) is 5.91 Å². The molecule has 0 fully saturated rings. The van der Waals surface area contributed by atoms with Gasteiger partial charge in [-0.15, -0.1) is 23.5 Å². The van der Waals surface area contributed by atoms with Crippen molar-refractivity contribution < 1.29 is 4.79 Å². The zero-order valence-corrected chi connectivity index (χ0v) is 13.9. The van der Waals surface area contributed by atoms with Gasteiger partial charge in [-0.2, -0.15) is 0 Å². The van der Waals surface area contributed by atoms with Crippen molar-refractivity contribution >= 4 is 35.1 Å². The summed E-state index contributed by atoms with van der Waals surface area (Å²) in [5.41, 5.74) is 3.37. The summed E-state index contributed by atoms with van der Waals surface area (Å²) >= 11 is 3.33. The van der Waals surface area contributed by atoms with E-state index in [2.05, 4.69) is 36.5 Å². The van der Waals surface area contributed by atoms with Crippen molar-refractivity contribution in [3.63, 3.8) is 0 Å². The van der Waals surface area contributed by atoms with E-state index in [9.17, 15) is 4.79 Å². The largest absolute Gasteiger partial charge is 0.325 e. The first kappa shape index (κ1) is 16.0. The summed E-state index contributed by atoms with van der Waals surface area (Å²) in [6.07, 6.45) is 2.04. The SMILES string of the molecule is CSc1ccc(NC(=O)CSCc2cccc(C)c2)cc1. The molecule has 4 heteroatoms. The fourth-order valence-corrected chi connectivity index (χ4v) is 3.12. The lowest BCUT2D eigenvalue weighted by Gasteiger charge is -2.06. The lowest BCUT2D eigenvalue weighted by Crippen LogP contribution is -2.14. The quantitative estimate of drug-likeness (QED) is 0.790. The van der Waals surface area contributed by atoms with E-state index in [0.29, 0.717) is 5.75 Å². The molecule has 0 heterocycles. The van der Waals surface area contributed by atoms with Gasteiger partial charge in [0.2, 0.25) is 5.91 Å². The van der Waals surface area contributed by atoms with Crippen LogP contribution in [0.5, 0.6) is 0 Å². The van der Waals surface area contributed by atoms with Crippen molar-refractivity contribution in [1.29, 1.82) is 0 Å². The van der Waals surface area contributed by atoms with Crippen LogP contribution in [0.15, 0.2) is 53.4 Å². The van der Waals surface area contributed by atoms with Crippen molar-refractivity contribution in [2.75, 3.05) is 17.3 Å². The van der Waals surface area contributed by atoms with Crippen LogP contribution in [0.4, 0.5) is 5.69 Å². The first-order valence-corrected chi connectivity index (χ1v) is 9.12. The molecule has 2 rings (SSSR count). The maximum absolute atomic E-state index is 11.9. The molecule has 0 saturated heterocycles. The molecule has 21 heavy (non-hydrogen) atoms. The van der Waals surface area contributed by atoms with Crippen LogP contribution in [-0.2, 0) is 10.5 Å². The number of thioether (sulfide) groups is 2. The lowest BCUT2D eigenvalue weighted by atomic mass is 10.2. The van der Waals surface area contributed by atoms with Crippen LogP contribution < -0.4 is 5.32 Å². The molecule has 1 amide bonds. The van der Waals surface area contributed by atoms with Gasteiger partial charge in [-0.05, 0) is 43.0 Å². The molecule has 2 aromatic rings. The van der Waals surface area contributed by atoms with Gasteiger partial charge in [0.1, 0.15) is 0 Å². The van der Waals surface area contributed by atoms with Crippen LogP contribution in [0.2, 0.25) is 0 Å². The number of hydrogen-bond donors (Lipinski definition) is 1. The predicted octanol–water partition coefficient (Wildman–Crippen LogP) is 4.59. The topological polar surface area (TPSA) is 29.1 Å². The summed E-state index contributed by atoms with van der Waals surface area (Å²) in [7, 11) is 0. The summed E-state index contributed by atoms with van der Waals surface area (Å²) in [5, 5.41) is 2.92. The monoisotopic (exact) mass is 317 g/mol. The molecule has 1 N–H and O–H groups in total. The Morgan fingerprint density at radius 3 is 2.57 bits per heavy atom. The number of amides is 1. The fourth-order valence-electron chi connectivity index (χ4n) is 1.93. The second-order valence-electron chi connectivity index (χ2n) is 4.76. The van der Waals surface area contributed by atoms with E-state index >= 15 is 0 Å². The maximum atomic E-state index is 11.9. The summed E-state index contributed by atoms with van der Waals surface area (Å²) in [6, 6.07) is 16.3. The third kappa shape index (κ3) is 5.48. The average molecular weight is 317 g/mol. The van der Waals surface area contributed by atoms with Gasteiger partial charge in [-0.25, -0.2) is 0 Å². The summed E-state index contributed by atoms with van der Waals surface area (Å²) in [4.78, 5) is 13.1. The number of anilines is 1. The third-order valence-electron chi connectivity index (χ3n) is 2.96. The molecule has 0 unspecified atom stereocenters. The molecule has 2 aromatic carbocycles. The number of benzene rings is 2. The van der Waals surface area contributed by atoms with Crippen molar-refractivity contribution in [3.8, 4) is 0 Å². The van der Waals surface area contributed by atoms with Crippen LogP contribution in [0.1, 0.15) is 11.1 Å². The minimum Gasteiger partial charge on any atom is -0.325 e. The Labute approximate surface area is 134 Å². The second kappa shape index (κ2) is 8.15. The van der Waals surface area contributed by atoms with E-state index in [1.165, 1.54) is 16.0 Å². The number of carbonyl (C=O) groups is 1. The lowest BCUT2D eigenvalue weighted by molar-refractivity contribution is -0.113. The van der Waals surface area contributed by atoms with Gasteiger partial charge < -0.3 is 5.32 Å². The number of rotatable bonds is 6. The van der Waals surface area contributed by atoms with E-state index < -0.39 is 0 Å². The first-order valence-electron chi connectivity index (χ1n) is 6.74. The smallest absolute Gasteiger partial charge is 0.234 e. The summed E-state index contributed by atoms with van der Waals surface area (Å²) in [6.45, 7) is 2.08. The second-order valence-corrected chi connectivity index (χ2v) is 6.62. The Balaban J connectivity index is 1.76. The molecule has 0 atom stereocenters. The number of nitrogens with one attached hydrogen (secondary N) is 1. The van der Waals surface area contributed by atoms with Gasteiger partial charge in [-0.3, -0.25) is 4.79 Å². The Kier molecular flexibility index (Phi) is 6.21. The maximum Gasteiger partial charge on any atom is 0.234 e. The molecule has 2 nitrogen and oxygen atoms in total. The van der Waals surface area contributed by atoms with Crippen LogP contribution in [0.25, 0.3) is 0 Å². The van der Waals surface area contributed by atoms with Crippen LogP contribution >= 0.6 is 23.5 Å². The zero-order chi connectivity index (χ0) is 15.1. The minimum absolute atomic E-state index is 0.0459. The molecule has 0 aliphatic heterocycles. The molecular weight excluding hydrogens is 298 g/mol. The van der Waals surface area contributed by atoms with Crippen LogP contribution in [-0.4, -0.2) is 17.9 Å². The Bertz CT molecular complexity index is 596. The molecule has 110 valence electrons. The highest BCUT2D eigenvalue weighted by molar-refractivity contribution is 7.99. The van der Waals surface area contributed by atoms with E-state index in [4.69, 9.17) is 0 Å². The zero-order valence-electron chi connectivity index (χ0n) is 12.3. The molecule has 0 aliphatic rings. The highest BCUT2D eigenvalue weighted by Crippen LogP contribution is 2.18. The molecule has 0 bridgehead atoms. The number of carbonyl (C=O) groups excluding carboxylic acids is 1.